The number of nitrogens with two attached hydrogens (primary N) is 1. The van der Waals surface area contributed by atoms with E-state index in [0.29, 0.717) is 31.3 Å². The maximum Gasteiger partial charge on any atom is 0.203 e. The fraction of sp³-hybridized carbons (Fsp3) is 0.538. The third kappa shape index (κ3) is 3.82. The fourth-order valence-corrected chi connectivity index (χ4v) is 1.43. The Hall–Kier alpha value is -1.42. The van der Waals surface area contributed by atoms with Gasteiger partial charge in [-0.25, -0.2) is 0 Å². The van der Waals surface area contributed by atoms with Gasteiger partial charge in [-0.3, -0.25) is 0 Å². The number of aromatic hydroxyl groups is 1. The number of benzene rings is 1. The summed E-state index contributed by atoms with van der Waals surface area (Å²) in [7, 11) is 0. The van der Waals surface area contributed by atoms with E-state index in [0.717, 1.165) is 18.4 Å². The third-order valence-electron chi connectivity index (χ3n) is 2.24. The maximum atomic E-state index is 9.87. The van der Waals surface area contributed by atoms with Crippen LogP contribution in [-0.2, 0) is 6.54 Å². The number of hydrogen-bond donors (Lipinski definition) is 2. The molecule has 0 aliphatic rings. The molecule has 0 amide bonds. The molecular formula is C13H21NO3. The topological polar surface area (TPSA) is 64.7 Å². The van der Waals surface area contributed by atoms with E-state index in [1.165, 1.54) is 0 Å². The molecule has 0 aromatic heterocycles. The lowest BCUT2D eigenvalue weighted by Crippen LogP contribution is -2.04. The smallest absolute Gasteiger partial charge is 0.203 e. The number of rotatable bonds is 7. The summed E-state index contributed by atoms with van der Waals surface area (Å²) in [5.41, 5.74) is 6.39. The molecule has 4 nitrogen and oxygen atoms in total. The van der Waals surface area contributed by atoms with Gasteiger partial charge in [-0.05, 0) is 30.5 Å². The van der Waals surface area contributed by atoms with Crippen LogP contribution in [0.2, 0.25) is 0 Å². The Morgan fingerprint density at radius 1 is 1.12 bits per heavy atom. The highest BCUT2D eigenvalue weighted by Crippen LogP contribution is 2.38. The second kappa shape index (κ2) is 7.01. The van der Waals surface area contributed by atoms with Crippen molar-refractivity contribution < 1.29 is 14.6 Å². The first-order chi connectivity index (χ1) is 8.22. The van der Waals surface area contributed by atoms with Crippen LogP contribution in [0.1, 0.15) is 32.3 Å². The molecule has 0 radical (unpaired) electrons. The van der Waals surface area contributed by atoms with Crippen molar-refractivity contribution in [1.29, 1.82) is 0 Å². The molecule has 0 bridgehead atoms. The van der Waals surface area contributed by atoms with Crippen LogP contribution < -0.4 is 15.2 Å². The van der Waals surface area contributed by atoms with E-state index in [1.807, 2.05) is 19.9 Å². The van der Waals surface area contributed by atoms with Crippen molar-refractivity contribution in [3.8, 4) is 17.2 Å². The van der Waals surface area contributed by atoms with Crippen LogP contribution in [0.3, 0.4) is 0 Å². The van der Waals surface area contributed by atoms with Crippen LogP contribution in [0.15, 0.2) is 12.1 Å². The van der Waals surface area contributed by atoms with Crippen molar-refractivity contribution in [2.45, 2.75) is 33.2 Å². The average molecular weight is 239 g/mol. The minimum Gasteiger partial charge on any atom is -0.504 e. The Bertz CT molecular complexity index is 353. The Balaban J connectivity index is 2.96. The van der Waals surface area contributed by atoms with E-state index >= 15 is 0 Å². The van der Waals surface area contributed by atoms with Gasteiger partial charge in [0.2, 0.25) is 5.75 Å². The van der Waals surface area contributed by atoms with Crippen LogP contribution in [0.4, 0.5) is 0 Å². The highest BCUT2D eigenvalue weighted by molar-refractivity contribution is 5.53. The molecule has 0 spiro atoms. The second-order valence-corrected chi connectivity index (χ2v) is 3.84. The van der Waals surface area contributed by atoms with Gasteiger partial charge in [0.05, 0.1) is 13.2 Å². The highest BCUT2D eigenvalue weighted by Gasteiger charge is 2.12. The van der Waals surface area contributed by atoms with Gasteiger partial charge in [-0.2, -0.15) is 0 Å². The number of ether oxygens (including phenoxy) is 2. The molecule has 96 valence electrons. The summed E-state index contributed by atoms with van der Waals surface area (Å²) in [5.74, 6) is 1.07. The molecular weight excluding hydrogens is 218 g/mol. The molecule has 1 rings (SSSR count). The molecule has 4 heteroatoms. The molecule has 1 aromatic rings. The first-order valence-electron chi connectivity index (χ1n) is 6.04. The first-order valence-corrected chi connectivity index (χ1v) is 6.04. The van der Waals surface area contributed by atoms with Gasteiger partial charge in [-0.15, -0.1) is 0 Å². The van der Waals surface area contributed by atoms with Crippen molar-refractivity contribution in [2.24, 2.45) is 5.73 Å². The molecule has 0 atom stereocenters. The molecule has 0 unspecified atom stereocenters. The van der Waals surface area contributed by atoms with Gasteiger partial charge in [-0.1, -0.05) is 13.8 Å². The van der Waals surface area contributed by atoms with Gasteiger partial charge in [0.25, 0.3) is 0 Å². The predicted octanol–water partition coefficient (Wildman–Crippen LogP) is 2.43. The molecule has 0 saturated heterocycles. The van der Waals surface area contributed by atoms with Gasteiger partial charge in [0.15, 0.2) is 11.5 Å². The summed E-state index contributed by atoms with van der Waals surface area (Å²) in [6.07, 6.45) is 1.78. The Morgan fingerprint density at radius 3 is 2.35 bits per heavy atom. The molecule has 0 aliphatic heterocycles. The zero-order chi connectivity index (χ0) is 12.7. The molecule has 1 aromatic carbocycles. The standard InChI is InChI=1S/C13H21NO3/c1-3-5-16-12-8-10(9-14)7-11(15)13(12)17-6-4-2/h7-8,15H,3-6,9,14H2,1-2H3. The van der Waals surface area contributed by atoms with Crippen LogP contribution in [0, 0.1) is 0 Å². The van der Waals surface area contributed by atoms with Crippen molar-refractivity contribution in [1.82, 2.24) is 0 Å². The van der Waals surface area contributed by atoms with E-state index in [-0.39, 0.29) is 5.75 Å². The Kier molecular flexibility index (Phi) is 5.63. The van der Waals surface area contributed by atoms with Crippen LogP contribution in [0.5, 0.6) is 17.2 Å². The minimum atomic E-state index is 0.0903. The lowest BCUT2D eigenvalue weighted by atomic mass is 10.2. The summed E-state index contributed by atoms with van der Waals surface area (Å²) in [6, 6.07) is 3.43. The molecule has 0 aliphatic carbocycles. The summed E-state index contributed by atoms with van der Waals surface area (Å²) < 4.78 is 11.1. The first kappa shape index (κ1) is 13.6. The van der Waals surface area contributed by atoms with E-state index in [9.17, 15) is 5.11 Å². The van der Waals surface area contributed by atoms with E-state index in [4.69, 9.17) is 15.2 Å². The Labute approximate surface area is 102 Å². The summed E-state index contributed by atoms with van der Waals surface area (Å²) >= 11 is 0. The van der Waals surface area contributed by atoms with Gasteiger partial charge < -0.3 is 20.3 Å². The number of hydrogen-bond acceptors (Lipinski definition) is 4. The minimum absolute atomic E-state index is 0.0903. The molecule has 0 fully saturated rings. The molecule has 17 heavy (non-hydrogen) atoms. The lowest BCUT2D eigenvalue weighted by Gasteiger charge is -2.14. The largest absolute Gasteiger partial charge is 0.504 e. The number of phenols is 1. The lowest BCUT2D eigenvalue weighted by molar-refractivity contribution is 0.257. The Morgan fingerprint density at radius 2 is 1.76 bits per heavy atom. The highest BCUT2D eigenvalue weighted by atomic mass is 16.5. The average Bonchev–Trinajstić information content (AvgIpc) is 2.34. The summed E-state index contributed by atoms with van der Waals surface area (Å²) in [6.45, 7) is 5.55. The molecule has 3 N–H and O–H groups in total. The van der Waals surface area contributed by atoms with Gasteiger partial charge >= 0.3 is 0 Å². The van der Waals surface area contributed by atoms with Crippen molar-refractivity contribution >= 4 is 0 Å². The zero-order valence-corrected chi connectivity index (χ0v) is 10.5. The van der Waals surface area contributed by atoms with E-state index < -0.39 is 0 Å². The predicted molar refractivity (Wildman–Crippen MR) is 67.6 cm³/mol. The van der Waals surface area contributed by atoms with Gasteiger partial charge in [0.1, 0.15) is 0 Å². The van der Waals surface area contributed by atoms with E-state index in [1.54, 1.807) is 6.07 Å². The third-order valence-corrected chi connectivity index (χ3v) is 2.24. The van der Waals surface area contributed by atoms with E-state index in [2.05, 4.69) is 0 Å². The van der Waals surface area contributed by atoms with Gasteiger partial charge in [0, 0.05) is 6.54 Å². The van der Waals surface area contributed by atoms with Crippen LogP contribution in [0.25, 0.3) is 0 Å². The fourth-order valence-electron chi connectivity index (χ4n) is 1.43. The maximum absolute atomic E-state index is 9.87. The number of phenolic OH excluding ortho intramolecular Hbond substituents is 1. The van der Waals surface area contributed by atoms with Crippen LogP contribution in [-0.4, -0.2) is 18.3 Å². The summed E-state index contributed by atoms with van der Waals surface area (Å²) in [5, 5.41) is 9.87. The summed E-state index contributed by atoms with van der Waals surface area (Å²) in [4.78, 5) is 0. The zero-order valence-electron chi connectivity index (χ0n) is 10.5. The SMILES string of the molecule is CCCOc1cc(CN)cc(O)c1OCCC. The monoisotopic (exact) mass is 239 g/mol. The quantitative estimate of drug-likeness (QED) is 0.767. The normalized spacial score (nSPS) is 10.3. The van der Waals surface area contributed by atoms with Crippen molar-refractivity contribution in [3.63, 3.8) is 0 Å². The second-order valence-electron chi connectivity index (χ2n) is 3.84. The molecule has 0 saturated carbocycles. The molecule has 0 heterocycles. The van der Waals surface area contributed by atoms with Crippen molar-refractivity contribution in [2.75, 3.05) is 13.2 Å². The van der Waals surface area contributed by atoms with Crippen LogP contribution >= 0.6 is 0 Å². The van der Waals surface area contributed by atoms with Crippen molar-refractivity contribution in [3.05, 3.63) is 17.7 Å².